The maximum absolute atomic E-state index is 12.9. The number of nitrogens with one attached hydrogen (secondary N) is 2. The van der Waals surface area contributed by atoms with Gasteiger partial charge in [-0.2, -0.15) is 31.6 Å². The van der Waals surface area contributed by atoms with Crippen LogP contribution in [0.3, 0.4) is 0 Å². The number of amides is 1. The number of methoxy groups -OCH3 is 1. The average Bonchev–Trinajstić information content (AvgIpc) is 2.67. The maximum Gasteiger partial charge on any atom is 0.416 e. The summed E-state index contributed by atoms with van der Waals surface area (Å²) in [4.78, 5) is 12.3. The molecule has 1 amide bonds. The first-order valence-electron chi connectivity index (χ1n) is 8.47. The van der Waals surface area contributed by atoms with Crippen molar-refractivity contribution >= 4 is 17.3 Å². The van der Waals surface area contributed by atoms with Gasteiger partial charge in [-0.15, -0.1) is 0 Å². The third-order valence-corrected chi connectivity index (χ3v) is 3.94. The Labute approximate surface area is 172 Å². The van der Waals surface area contributed by atoms with Gasteiger partial charge >= 0.3 is 12.4 Å². The molecule has 11 heteroatoms. The molecule has 0 aliphatic rings. The molecule has 0 aliphatic carbocycles. The Morgan fingerprint density at radius 1 is 1.03 bits per heavy atom. The van der Waals surface area contributed by atoms with Gasteiger partial charge in [0.05, 0.1) is 23.9 Å². The summed E-state index contributed by atoms with van der Waals surface area (Å²) in [6.45, 7) is 1.74. The second-order valence-corrected chi connectivity index (χ2v) is 6.27. The lowest BCUT2D eigenvalue weighted by atomic mass is 10.1. The number of benzene rings is 2. The normalized spacial score (nSPS) is 12.2. The van der Waals surface area contributed by atoms with E-state index in [-0.39, 0.29) is 17.5 Å². The predicted octanol–water partition coefficient (Wildman–Crippen LogP) is 5.50. The molecule has 0 atom stereocenters. The van der Waals surface area contributed by atoms with Gasteiger partial charge < -0.3 is 15.4 Å². The zero-order valence-corrected chi connectivity index (χ0v) is 16.1. The van der Waals surface area contributed by atoms with E-state index in [1.54, 1.807) is 25.1 Å². The smallest absolute Gasteiger partial charge is 0.416 e. The van der Waals surface area contributed by atoms with E-state index in [2.05, 4.69) is 10.6 Å². The number of carbonyl (C=O) groups is 1. The minimum absolute atomic E-state index is 0.0309. The number of nitrogens with zero attached hydrogens (tertiary/aromatic N) is 1. The molecule has 2 rings (SSSR count). The summed E-state index contributed by atoms with van der Waals surface area (Å²) >= 11 is 0. The third-order valence-electron chi connectivity index (χ3n) is 3.94. The van der Waals surface area contributed by atoms with Crippen molar-refractivity contribution in [2.24, 2.45) is 0 Å². The zero-order chi connectivity index (χ0) is 23.4. The van der Waals surface area contributed by atoms with Crippen molar-refractivity contribution < 1.29 is 35.9 Å². The van der Waals surface area contributed by atoms with Crippen LogP contribution in [0.2, 0.25) is 0 Å². The van der Waals surface area contributed by atoms with E-state index in [1.165, 1.54) is 13.2 Å². The highest BCUT2D eigenvalue weighted by Crippen LogP contribution is 2.37. The van der Waals surface area contributed by atoms with Crippen LogP contribution in [0.15, 0.2) is 48.2 Å². The summed E-state index contributed by atoms with van der Waals surface area (Å²) in [6.07, 6.45) is -9.34. The first-order chi connectivity index (χ1) is 14.3. The molecule has 0 radical (unpaired) electrons. The number of nitriles is 1. The molecule has 0 heterocycles. The largest absolute Gasteiger partial charge is 0.495 e. The minimum Gasteiger partial charge on any atom is -0.495 e. The molecule has 0 spiro atoms. The van der Waals surface area contributed by atoms with Crippen molar-refractivity contribution in [1.29, 1.82) is 5.26 Å². The molecule has 0 aliphatic heterocycles. The molecule has 5 nitrogen and oxygen atoms in total. The fourth-order valence-corrected chi connectivity index (χ4v) is 2.45. The van der Waals surface area contributed by atoms with Crippen LogP contribution in [0.4, 0.5) is 37.7 Å². The monoisotopic (exact) mass is 443 g/mol. The molecule has 31 heavy (non-hydrogen) atoms. The van der Waals surface area contributed by atoms with Crippen molar-refractivity contribution in [1.82, 2.24) is 0 Å². The minimum atomic E-state index is -5.03. The van der Waals surface area contributed by atoms with Crippen LogP contribution < -0.4 is 15.4 Å². The van der Waals surface area contributed by atoms with Gasteiger partial charge in [-0.3, -0.25) is 4.79 Å². The number of rotatable bonds is 5. The second-order valence-electron chi connectivity index (χ2n) is 6.27. The standard InChI is InChI=1S/C20H15F6N3O2/c1-11-3-4-17(31-2)16(5-11)29-18(30)12(9-27)10-28-15-7-13(19(21,22)23)6-14(8-15)20(24,25)26/h3-8,10,28H,1-2H3,(H,29,30)/b12-10-. The van der Waals surface area contributed by atoms with Crippen LogP contribution in [-0.2, 0) is 17.1 Å². The quantitative estimate of drug-likeness (QED) is 0.364. The second kappa shape index (κ2) is 8.99. The number of aryl methyl sites for hydroxylation is 1. The Bertz CT molecular complexity index is 1020. The van der Waals surface area contributed by atoms with Crippen LogP contribution in [0.1, 0.15) is 16.7 Å². The number of halogens is 6. The molecule has 0 unspecified atom stereocenters. The van der Waals surface area contributed by atoms with Crippen molar-refractivity contribution in [2.75, 3.05) is 17.7 Å². The van der Waals surface area contributed by atoms with E-state index in [9.17, 15) is 36.4 Å². The molecular formula is C20H15F6N3O2. The van der Waals surface area contributed by atoms with Gasteiger partial charge in [-0.05, 0) is 42.8 Å². The number of carbonyl (C=O) groups excluding carboxylic acids is 1. The van der Waals surface area contributed by atoms with Gasteiger partial charge in [0.2, 0.25) is 0 Å². The fraction of sp³-hybridized carbons (Fsp3) is 0.200. The Morgan fingerprint density at radius 3 is 2.10 bits per heavy atom. The number of hydrogen-bond donors (Lipinski definition) is 2. The van der Waals surface area contributed by atoms with E-state index in [4.69, 9.17) is 4.74 Å². The first-order valence-corrected chi connectivity index (χ1v) is 8.47. The van der Waals surface area contributed by atoms with Gasteiger partial charge in [0, 0.05) is 11.9 Å². The van der Waals surface area contributed by atoms with Gasteiger partial charge in [-0.25, -0.2) is 0 Å². The molecule has 0 fully saturated rings. The molecule has 2 aromatic carbocycles. The Hall–Kier alpha value is -3.68. The highest BCUT2D eigenvalue weighted by Gasteiger charge is 2.36. The zero-order valence-electron chi connectivity index (χ0n) is 16.1. The lowest BCUT2D eigenvalue weighted by Gasteiger charge is -2.14. The maximum atomic E-state index is 12.9. The number of anilines is 2. The third kappa shape index (κ3) is 6.15. The van der Waals surface area contributed by atoms with E-state index in [0.717, 1.165) is 5.56 Å². The molecule has 0 bridgehead atoms. The molecular weight excluding hydrogens is 428 g/mol. The van der Waals surface area contributed by atoms with Crippen molar-refractivity contribution in [3.8, 4) is 11.8 Å². The summed E-state index contributed by atoms with van der Waals surface area (Å²) in [7, 11) is 1.36. The van der Waals surface area contributed by atoms with Crippen LogP contribution in [-0.4, -0.2) is 13.0 Å². The lowest BCUT2D eigenvalue weighted by Crippen LogP contribution is -2.15. The Morgan fingerprint density at radius 2 is 1.61 bits per heavy atom. The number of ether oxygens (including phenoxy) is 1. The molecule has 2 aromatic rings. The first kappa shape index (κ1) is 23.6. The number of hydrogen-bond acceptors (Lipinski definition) is 4. The van der Waals surface area contributed by atoms with Crippen LogP contribution >= 0.6 is 0 Å². The van der Waals surface area contributed by atoms with E-state index in [1.807, 2.05) is 0 Å². The van der Waals surface area contributed by atoms with Crippen molar-refractivity contribution in [2.45, 2.75) is 19.3 Å². The van der Waals surface area contributed by atoms with Crippen LogP contribution in [0, 0.1) is 18.3 Å². The van der Waals surface area contributed by atoms with E-state index >= 15 is 0 Å². The van der Waals surface area contributed by atoms with Crippen LogP contribution in [0.25, 0.3) is 0 Å². The van der Waals surface area contributed by atoms with E-state index < -0.39 is 40.6 Å². The topological polar surface area (TPSA) is 74.1 Å². The molecule has 0 aromatic heterocycles. The number of alkyl halides is 6. The predicted molar refractivity (Wildman–Crippen MR) is 100 cm³/mol. The van der Waals surface area contributed by atoms with Crippen LogP contribution in [0.5, 0.6) is 5.75 Å². The summed E-state index contributed by atoms with van der Waals surface area (Å²) in [5, 5.41) is 13.7. The summed E-state index contributed by atoms with van der Waals surface area (Å²) in [5.74, 6) is -0.654. The summed E-state index contributed by atoms with van der Waals surface area (Å²) in [6, 6.07) is 7.21. The highest BCUT2D eigenvalue weighted by molar-refractivity contribution is 6.07. The lowest BCUT2D eigenvalue weighted by molar-refractivity contribution is -0.143. The van der Waals surface area contributed by atoms with Gasteiger partial charge in [0.15, 0.2) is 0 Å². The summed E-state index contributed by atoms with van der Waals surface area (Å²) in [5.41, 5.74) is -3.27. The fourth-order valence-electron chi connectivity index (χ4n) is 2.45. The average molecular weight is 443 g/mol. The van der Waals surface area contributed by atoms with Gasteiger partial charge in [0.25, 0.3) is 5.91 Å². The molecule has 0 saturated carbocycles. The molecule has 2 N–H and O–H groups in total. The Kier molecular flexibility index (Phi) is 6.84. The van der Waals surface area contributed by atoms with Gasteiger partial charge in [0.1, 0.15) is 17.4 Å². The van der Waals surface area contributed by atoms with Gasteiger partial charge in [-0.1, -0.05) is 6.07 Å². The van der Waals surface area contributed by atoms with E-state index in [0.29, 0.717) is 18.3 Å². The molecule has 0 saturated heterocycles. The van der Waals surface area contributed by atoms with Crippen molar-refractivity contribution in [3.05, 3.63) is 64.9 Å². The SMILES string of the molecule is COc1ccc(C)cc1NC(=O)/C(C#N)=C\Nc1cc(C(F)(F)F)cc(C(F)(F)F)c1. The van der Waals surface area contributed by atoms with Crippen molar-refractivity contribution in [3.63, 3.8) is 0 Å². The summed E-state index contributed by atoms with van der Waals surface area (Å²) < 4.78 is 82.7. The Balaban J connectivity index is 2.33. The molecule has 164 valence electrons. The highest BCUT2D eigenvalue weighted by atomic mass is 19.4.